The number of primary amides is 1. The van der Waals surface area contributed by atoms with Gasteiger partial charge in [0.2, 0.25) is 5.91 Å². The van der Waals surface area contributed by atoms with Crippen LogP contribution in [0.4, 0.5) is 0 Å². The van der Waals surface area contributed by atoms with Crippen molar-refractivity contribution >= 4 is 17.7 Å². The Morgan fingerprint density at radius 3 is 2.50 bits per heavy atom. The van der Waals surface area contributed by atoms with Crippen LogP contribution in [0.1, 0.15) is 12.5 Å². The molecule has 16 heavy (non-hydrogen) atoms. The summed E-state index contributed by atoms with van der Waals surface area (Å²) in [5.41, 5.74) is 5.74. The molecule has 1 aromatic rings. The summed E-state index contributed by atoms with van der Waals surface area (Å²) in [6, 6.07) is 9.64. The van der Waals surface area contributed by atoms with Gasteiger partial charge in [0.05, 0.1) is 0 Å². The highest BCUT2D eigenvalue weighted by atomic mass is 32.2. The molecule has 0 saturated carbocycles. The maximum absolute atomic E-state index is 11.7. The van der Waals surface area contributed by atoms with E-state index in [2.05, 4.69) is 5.32 Å². The van der Waals surface area contributed by atoms with E-state index in [0.29, 0.717) is 12.3 Å². The minimum atomic E-state index is -0.755. The number of carbonyl (C=O) groups excluding carboxylic acids is 1. The van der Waals surface area contributed by atoms with Crippen molar-refractivity contribution in [1.29, 1.82) is 0 Å². The lowest BCUT2D eigenvalue weighted by molar-refractivity contribution is -0.123. The molecule has 3 N–H and O–H groups in total. The molecule has 1 rings (SSSR count). The normalized spacial score (nSPS) is 14.4. The lowest BCUT2D eigenvalue weighted by Crippen LogP contribution is -2.54. The lowest BCUT2D eigenvalue weighted by Gasteiger charge is -2.31. The van der Waals surface area contributed by atoms with Crippen LogP contribution in [0, 0.1) is 0 Å². The zero-order valence-electron chi connectivity index (χ0n) is 9.69. The second-order valence-corrected chi connectivity index (χ2v) is 4.46. The fraction of sp³-hybridized carbons (Fsp3) is 0.417. The van der Waals surface area contributed by atoms with Gasteiger partial charge in [-0.05, 0) is 18.4 Å². The van der Waals surface area contributed by atoms with Gasteiger partial charge in [-0.3, -0.25) is 10.1 Å². The number of rotatable bonds is 6. The van der Waals surface area contributed by atoms with Crippen molar-refractivity contribution in [2.24, 2.45) is 5.73 Å². The highest BCUT2D eigenvalue weighted by Crippen LogP contribution is 2.24. The first-order valence-corrected chi connectivity index (χ1v) is 6.66. The first-order valence-electron chi connectivity index (χ1n) is 5.26. The number of nitrogens with two attached hydrogens (primary N) is 1. The molecule has 0 spiro atoms. The highest BCUT2D eigenvalue weighted by Gasteiger charge is 2.36. The van der Waals surface area contributed by atoms with Crippen LogP contribution in [0.5, 0.6) is 0 Å². The second-order valence-electron chi connectivity index (χ2n) is 3.60. The number of hydrogen-bond acceptors (Lipinski definition) is 3. The van der Waals surface area contributed by atoms with Crippen molar-refractivity contribution < 1.29 is 4.79 Å². The zero-order chi connectivity index (χ0) is 12.0. The quantitative estimate of drug-likeness (QED) is 0.786. The van der Waals surface area contributed by atoms with Crippen molar-refractivity contribution in [3.8, 4) is 0 Å². The Morgan fingerprint density at radius 1 is 1.44 bits per heavy atom. The van der Waals surface area contributed by atoms with Crippen molar-refractivity contribution in [2.45, 2.75) is 12.5 Å². The molecule has 4 heteroatoms. The molecular weight excluding hydrogens is 220 g/mol. The van der Waals surface area contributed by atoms with Gasteiger partial charge < -0.3 is 5.73 Å². The SMILES string of the molecule is CCNC(CSC)(C(N)=O)c1ccccc1. The van der Waals surface area contributed by atoms with E-state index in [-0.39, 0.29) is 5.91 Å². The Bertz CT molecular complexity index is 334. The minimum absolute atomic E-state index is 0.324. The first kappa shape index (κ1) is 13.1. The minimum Gasteiger partial charge on any atom is -0.368 e. The van der Waals surface area contributed by atoms with E-state index in [0.717, 1.165) is 5.56 Å². The highest BCUT2D eigenvalue weighted by molar-refractivity contribution is 7.98. The molecule has 3 nitrogen and oxygen atoms in total. The summed E-state index contributed by atoms with van der Waals surface area (Å²) >= 11 is 1.61. The standard InChI is InChI=1S/C12H18N2OS/c1-3-14-12(9-16-2,11(13)15)10-7-5-4-6-8-10/h4-8,14H,3,9H2,1-2H3,(H2,13,15). The summed E-state index contributed by atoms with van der Waals surface area (Å²) in [5.74, 6) is 0.315. The molecule has 1 unspecified atom stereocenters. The van der Waals surface area contributed by atoms with Gasteiger partial charge in [0, 0.05) is 5.75 Å². The van der Waals surface area contributed by atoms with Crippen LogP contribution in [-0.2, 0) is 10.3 Å². The van der Waals surface area contributed by atoms with Crippen LogP contribution in [0.25, 0.3) is 0 Å². The molecule has 1 amide bonds. The Kier molecular flexibility index (Phi) is 4.83. The molecule has 1 atom stereocenters. The van der Waals surface area contributed by atoms with Gasteiger partial charge in [0.15, 0.2) is 0 Å². The third kappa shape index (κ3) is 2.57. The number of hydrogen-bond donors (Lipinski definition) is 2. The average Bonchev–Trinajstić information content (AvgIpc) is 2.29. The fourth-order valence-corrected chi connectivity index (χ4v) is 2.62. The third-order valence-electron chi connectivity index (χ3n) is 2.53. The van der Waals surface area contributed by atoms with Crippen LogP contribution >= 0.6 is 11.8 Å². The number of thioether (sulfide) groups is 1. The topological polar surface area (TPSA) is 55.1 Å². The molecule has 0 saturated heterocycles. The Balaban J connectivity index is 3.15. The lowest BCUT2D eigenvalue weighted by atomic mass is 9.91. The maximum atomic E-state index is 11.7. The number of carbonyl (C=O) groups is 1. The van der Waals surface area contributed by atoms with Crippen LogP contribution in [0.3, 0.4) is 0 Å². The molecule has 0 aliphatic rings. The molecule has 0 aromatic heterocycles. The van der Waals surface area contributed by atoms with Gasteiger partial charge in [-0.25, -0.2) is 0 Å². The molecule has 0 heterocycles. The molecule has 88 valence electrons. The molecule has 0 radical (unpaired) electrons. The Labute approximate surface area is 101 Å². The second kappa shape index (κ2) is 5.92. The Hall–Kier alpha value is -1.00. The summed E-state index contributed by atoms with van der Waals surface area (Å²) in [7, 11) is 0. The Morgan fingerprint density at radius 2 is 2.06 bits per heavy atom. The number of likely N-dealkylation sites (N-methyl/N-ethyl adjacent to an activating group) is 1. The van der Waals surface area contributed by atoms with Gasteiger partial charge in [0.25, 0.3) is 0 Å². The van der Waals surface area contributed by atoms with Crippen molar-refractivity contribution in [2.75, 3.05) is 18.6 Å². The van der Waals surface area contributed by atoms with Gasteiger partial charge in [-0.1, -0.05) is 37.3 Å². The third-order valence-corrected chi connectivity index (χ3v) is 3.25. The monoisotopic (exact) mass is 238 g/mol. The smallest absolute Gasteiger partial charge is 0.243 e. The largest absolute Gasteiger partial charge is 0.368 e. The van der Waals surface area contributed by atoms with E-state index in [1.54, 1.807) is 11.8 Å². The molecule has 0 aliphatic heterocycles. The van der Waals surface area contributed by atoms with E-state index in [9.17, 15) is 4.79 Å². The molecular formula is C12H18N2OS. The van der Waals surface area contributed by atoms with Gasteiger partial charge >= 0.3 is 0 Å². The van der Waals surface area contributed by atoms with Crippen LogP contribution in [0.2, 0.25) is 0 Å². The van der Waals surface area contributed by atoms with Gasteiger partial charge in [-0.15, -0.1) is 0 Å². The number of nitrogens with one attached hydrogen (secondary N) is 1. The van der Waals surface area contributed by atoms with Crippen LogP contribution < -0.4 is 11.1 Å². The zero-order valence-corrected chi connectivity index (χ0v) is 10.5. The summed E-state index contributed by atoms with van der Waals surface area (Å²) in [6.07, 6.45) is 1.97. The van der Waals surface area contributed by atoms with E-state index in [4.69, 9.17) is 5.73 Å². The van der Waals surface area contributed by atoms with Crippen molar-refractivity contribution in [1.82, 2.24) is 5.32 Å². The van der Waals surface area contributed by atoms with Crippen molar-refractivity contribution in [3.63, 3.8) is 0 Å². The van der Waals surface area contributed by atoms with Crippen molar-refractivity contribution in [3.05, 3.63) is 35.9 Å². The average molecular weight is 238 g/mol. The molecule has 0 aliphatic carbocycles. The summed E-state index contributed by atoms with van der Waals surface area (Å²) in [6.45, 7) is 2.68. The summed E-state index contributed by atoms with van der Waals surface area (Å²) in [4.78, 5) is 11.7. The first-order chi connectivity index (χ1) is 7.67. The van der Waals surface area contributed by atoms with E-state index in [1.165, 1.54) is 0 Å². The van der Waals surface area contributed by atoms with Crippen LogP contribution in [-0.4, -0.2) is 24.5 Å². The summed E-state index contributed by atoms with van der Waals surface area (Å²) < 4.78 is 0. The molecule has 0 bridgehead atoms. The van der Waals surface area contributed by atoms with Gasteiger partial charge in [0.1, 0.15) is 5.54 Å². The summed E-state index contributed by atoms with van der Waals surface area (Å²) in [5, 5.41) is 3.22. The molecule has 1 aromatic carbocycles. The number of benzene rings is 1. The van der Waals surface area contributed by atoms with E-state index in [1.807, 2.05) is 43.5 Å². The number of amides is 1. The molecule has 0 fully saturated rings. The predicted molar refractivity (Wildman–Crippen MR) is 69.4 cm³/mol. The fourth-order valence-electron chi connectivity index (χ4n) is 1.78. The van der Waals surface area contributed by atoms with Crippen LogP contribution in [0.15, 0.2) is 30.3 Å². The van der Waals surface area contributed by atoms with E-state index >= 15 is 0 Å². The predicted octanol–water partition coefficient (Wildman–Crippen LogP) is 1.34. The van der Waals surface area contributed by atoms with E-state index < -0.39 is 5.54 Å². The maximum Gasteiger partial charge on any atom is 0.243 e. The van der Waals surface area contributed by atoms with Gasteiger partial charge in [-0.2, -0.15) is 11.8 Å².